The van der Waals surface area contributed by atoms with E-state index in [2.05, 4.69) is 42.2 Å². The van der Waals surface area contributed by atoms with Gasteiger partial charge in [0.2, 0.25) is 17.8 Å². The van der Waals surface area contributed by atoms with Gasteiger partial charge in [0.05, 0.1) is 5.54 Å². The molecule has 3 rings (SSSR count). The number of ether oxygens (including phenoxy) is 1. The number of anilines is 3. The largest absolute Gasteiger partial charge is 0.454 e. The summed E-state index contributed by atoms with van der Waals surface area (Å²) < 4.78 is 56.8. The summed E-state index contributed by atoms with van der Waals surface area (Å²) in [6.45, 7) is 5.50. The fourth-order valence-corrected chi connectivity index (χ4v) is 4.07. The Morgan fingerprint density at radius 2 is 1.70 bits per heavy atom. The molecule has 4 N–H and O–H groups in total. The molecule has 2 aromatic carbocycles. The molecule has 1 aromatic heterocycles. The zero-order valence-corrected chi connectivity index (χ0v) is 24.7. The summed E-state index contributed by atoms with van der Waals surface area (Å²) in [4.78, 5) is 36.4. The molecule has 230 valence electrons. The van der Waals surface area contributed by atoms with Gasteiger partial charge in [-0.2, -0.15) is 28.1 Å². The minimum Gasteiger partial charge on any atom is -0.454 e. The first-order chi connectivity index (χ1) is 20.3. The van der Waals surface area contributed by atoms with Crippen molar-refractivity contribution in [3.8, 4) is 6.01 Å². The van der Waals surface area contributed by atoms with Crippen molar-refractivity contribution in [1.29, 1.82) is 0 Å². The molecule has 16 heteroatoms. The van der Waals surface area contributed by atoms with Crippen molar-refractivity contribution in [2.45, 2.75) is 38.4 Å². The fourth-order valence-electron chi connectivity index (χ4n) is 3.54. The van der Waals surface area contributed by atoms with Gasteiger partial charge in [-0.05, 0) is 55.3 Å². The van der Waals surface area contributed by atoms with Crippen molar-refractivity contribution >= 4 is 52.0 Å². The third-order valence-electron chi connectivity index (χ3n) is 5.96. The first kappa shape index (κ1) is 33.3. The number of benzene rings is 2. The van der Waals surface area contributed by atoms with Crippen molar-refractivity contribution < 1.29 is 31.7 Å². The Balaban J connectivity index is 1.75. The summed E-state index contributed by atoms with van der Waals surface area (Å²) in [6.07, 6.45) is -4.14. The van der Waals surface area contributed by atoms with E-state index in [9.17, 15) is 27.0 Å². The number of aromatic nitrogens is 3. The Hall–Kier alpha value is -4.24. The highest BCUT2D eigenvalue weighted by molar-refractivity contribution is 7.86. The van der Waals surface area contributed by atoms with Gasteiger partial charge in [0.1, 0.15) is 11.0 Å². The van der Waals surface area contributed by atoms with E-state index in [1.54, 1.807) is 12.1 Å². The smallest absolute Gasteiger partial charge is 0.422 e. The van der Waals surface area contributed by atoms with E-state index in [1.807, 2.05) is 26.0 Å². The van der Waals surface area contributed by atoms with E-state index in [0.717, 1.165) is 11.0 Å². The topological polar surface area (TPSA) is 147 Å². The number of hydrogen-bond donors (Lipinski definition) is 4. The van der Waals surface area contributed by atoms with E-state index in [-0.39, 0.29) is 30.4 Å². The average molecular weight is 640 g/mol. The average Bonchev–Trinajstić information content (AvgIpc) is 2.96. The fraction of sp³-hybridized carbons (Fsp3) is 0.296. The second-order valence-electron chi connectivity index (χ2n) is 9.18. The molecule has 2 amide bonds. The lowest BCUT2D eigenvalue weighted by molar-refractivity contribution is -0.154. The van der Waals surface area contributed by atoms with Crippen LogP contribution in [0.5, 0.6) is 6.01 Å². The summed E-state index contributed by atoms with van der Waals surface area (Å²) in [7, 11) is -1.69. The first-order valence-corrected chi connectivity index (χ1v) is 14.4. The normalized spacial score (nSPS) is 13.3. The van der Waals surface area contributed by atoms with E-state index in [1.165, 1.54) is 24.3 Å². The van der Waals surface area contributed by atoms with Gasteiger partial charge < -0.3 is 20.7 Å². The van der Waals surface area contributed by atoms with E-state index in [0.29, 0.717) is 17.1 Å². The molecule has 0 fully saturated rings. The monoisotopic (exact) mass is 639 g/mol. The van der Waals surface area contributed by atoms with Gasteiger partial charge >= 0.3 is 12.2 Å². The number of carbonyl (C=O) groups excluding carboxylic acids is 2. The number of nitrogens with zero attached hydrogens (tertiary/aromatic N) is 3. The molecule has 1 heterocycles. The molecular weight excluding hydrogens is 611 g/mol. The maximum absolute atomic E-state index is 12.8. The molecular formula is C27H29ClF3N7O4S. The number of amides is 2. The Morgan fingerprint density at radius 3 is 2.30 bits per heavy atom. The van der Waals surface area contributed by atoms with E-state index >= 15 is 0 Å². The van der Waals surface area contributed by atoms with Crippen molar-refractivity contribution in [2.75, 3.05) is 23.8 Å². The van der Waals surface area contributed by atoms with Crippen LogP contribution in [0.2, 0.25) is 5.02 Å². The maximum atomic E-state index is 12.8. The third-order valence-corrected chi connectivity index (χ3v) is 6.95. The molecule has 0 aliphatic rings. The van der Waals surface area contributed by atoms with Crippen LogP contribution in [0.3, 0.4) is 0 Å². The molecule has 0 saturated carbocycles. The summed E-state index contributed by atoms with van der Waals surface area (Å²) in [6, 6.07) is 12.6. The van der Waals surface area contributed by atoms with Crippen LogP contribution in [-0.2, 0) is 21.3 Å². The number of alkyl halides is 3. The molecule has 43 heavy (non-hydrogen) atoms. The molecule has 0 spiro atoms. The van der Waals surface area contributed by atoms with Gasteiger partial charge in [-0.15, -0.1) is 0 Å². The molecule has 2 unspecified atom stereocenters. The van der Waals surface area contributed by atoms with E-state index in [4.69, 9.17) is 16.3 Å². The third kappa shape index (κ3) is 10.5. The molecule has 0 aliphatic heterocycles. The second kappa shape index (κ2) is 14.8. The Bertz CT molecular complexity index is 1460. The number of halogens is 4. The Morgan fingerprint density at radius 1 is 1.05 bits per heavy atom. The lowest BCUT2D eigenvalue weighted by Crippen LogP contribution is -2.32. The molecule has 3 aromatic rings. The zero-order valence-electron chi connectivity index (χ0n) is 23.1. The number of rotatable bonds is 14. The van der Waals surface area contributed by atoms with Crippen LogP contribution in [0.1, 0.15) is 42.6 Å². The lowest BCUT2D eigenvalue weighted by atomic mass is 9.89. The highest BCUT2D eigenvalue weighted by atomic mass is 35.5. The Labute approximate surface area is 253 Å². The van der Waals surface area contributed by atoms with Gasteiger partial charge in [0.15, 0.2) is 6.61 Å². The summed E-state index contributed by atoms with van der Waals surface area (Å²) >= 11 is 6.02. The summed E-state index contributed by atoms with van der Waals surface area (Å²) in [5, 5.41) is 10.2. The van der Waals surface area contributed by atoms with Crippen LogP contribution in [0.4, 0.5) is 30.8 Å². The van der Waals surface area contributed by atoms with Gasteiger partial charge in [0, 0.05) is 34.6 Å². The van der Waals surface area contributed by atoms with Crippen LogP contribution in [0, 0.1) is 0 Å². The molecule has 11 nitrogen and oxygen atoms in total. The molecule has 0 saturated heterocycles. The van der Waals surface area contributed by atoms with Crippen LogP contribution in [-0.4, -0.2) is 50.3 Å². The van der Waals surface area contributed by atoms with Crippen molar-refractivity contribution in [2.24, 2.45) is 0 Å². The first-order valence-electron chi connectivity index (χ1n) is 12.8. The van der Waals surface area contributed by atoms with Gasteiger partial charge in [0.25, 0.3) is 5.91 Å². The van der Waals surface area contributed by atoms with Gasteiger partial charge in [-0.3, -0.25) is 14.3 Å². The minimum absolute atomic E-state index is 0.00699. The van der Waals surface area contributed by atoms with Crippen LogP contribution < -0.4 is 25.4 Å². The number of nitrogens with one attached hydrogen (secondary N) is 4. The highest BCUT2D eigenvalue weighted by Crippen LogP contribution is 2.30. The second-order valence-corrected chi connectivity index (χ2v) is 10.8. The minimum atomic E-state index is -4.61. The molecule has 0 aliphatic carbocycles. The molecule has 0 radical (unpaired) electrons. The van der Waals surface area contributed by atoms with Crippen molar-refractivity contribution in [3.63, 3.8) is 0 Å². The van der Waals surface area contributed by atoms with Crippen molar-refractivity contribution in [1.82, 2.24) is 25.0 Å². The van der Waals surface area contributed by atoms with E-state index < -0.39 is 47.1 Å². The zero-order chi connectivity index (χ0) is 31.6. The quantitative estimate of drug-likeness (QED) is 0.191. The number of hydrogen-bond acceptors (Lipinski definition) is 9. The molecule has 2 atom stereocenters. The van der Waals surface area contributed by atoms with Crippen LogP contribution in [0.25, 0.3) is 0 Å². The maximum Gasteiger partial charge on any atom is 0.422 e. The van der Waals surface area contributed by atoms with Crippen molar-refractivity contribution in [3.05, 3.63) is 76.7 Å². The summed E-state index contributed by atoms with van der Waals surface area (Å²) in [5.41, 5.74) is 0.809. The van der Waals surface area contributed by atoms with Crippen LogP contribution in [0.15, 0.2) is 60.5 Å². The summed E-state index contributed by atoms with van der Waals surface area (Å²) in [5.74, 6) is -1.12. The predicted molar refractivity (Wildman–Crippen MR) is 157 cm³/mol. The standard InChI is InChI=1S/C27H29ClF3N7O4S/c1-4-26(3,18-8-10-19(28)11-9-18)37-24-34-23(35-25(36-24)42-16-27(29,30)31)33-20-12-6-17(7-13-20)22(40)32-15-14-21(39)38-43(41)5-2/h5-13H,2,4,14-16H2,1,3H3,(H,32,40)(H,38,39)(H2,33,34,35,36,37). The van der Waals surface area contributed by atoms with Gasteiger partial charge in [-0.1, -0.05) is 37.2 Å². The lowest BCUT2D eigenvalue weighted by Gasteiger charge is -2.30. The number of carbonyl (C=O) groups is 2. The predicted octanol–water partition coefficient (Wildman–Crippen LogP) is 4.99. The Kier molecular flexibility index (Phi) is 11.4. The SMILES string of the molecule is C=CS(=O)NC(=O)CCNC(=O)c1ccc(Nc2nc(NC(C)(CC)c3ccc(Cl)cc3)nc(OCC(F)(F)F)n2)cc1. The highest BCUT2D eigenvalue weighted by Gasteiger charge is 2.30. The van der Waals surface area contributed by atoms with Gasteiger partial charge in [-0.25, -0.2) is 4.21 Å². The molecule has 0 bridgehead atoms. The van der Waals surface area contributed by atoms with Crippen LogP contribution >= 0.6 is 11.6 Å².